The van der Waals surface area contributed by atoms with Crippen molar-refractivity contribution < 1.29 is 4.74 Å². The summed E-state index contributed by atoms with van der Waals surface area (Å²) in [5.74, 6) is 0.866. The summed E-state index contributed by atoms with van der Waals surface area (Å²) in [6, 6.07) is 2.02. The molecule has 4 heteroatoms. The Balaban J connectivity index is 2.34. The highest BCUT2D eigenvalue weighted by Crippen LogP contribution is 2.40. The van der Waals surface area contributed by atoms with Crippen LogP contribution >= 0.6 is 0 Å². The van der Waals surface area contributed by atoms with Crippen LogP contribution < -0.4 is 5.73 Å². The minimum absolute atomic E-state index is 0.246. The van der Waals surface area contributed by atoms with Gasteiger partial charge in [-0.25, -0.2) is 9.97 Å². The van der Waals surface area contributed by atoms with Crippen LogP contribution in [0.3, 0.4) is 0 Å². The summed E-state index contributed by atoms with van der Waals surface area (Å²) in [5, 5.41) is 0. The molecule has 1 heterocycles. The Labute approximate surface area is 109 Å². The van der Waals surface area contributed by atoms with E-state index in [9.17, 15) is 0 Å². The van der Waals surface area contributed by atoms with Crippen LogP contribution in [-0.4, -0.2) is 23.1 Å². The first-order valence-electron chi connectivity index (χ1n) is 6.89. The summed E-state index contributed by atoms with van der Waals surface area (Å²) in [5.41, 5.74) is 7.41. The maximum absolute atomic E-state index is 6.01. The Morgan fingerprint density at radius 1 is 1.33 bits per heavy atom. The molecule has 0 bridgehead atoms. The number of aromatic nitrogens is 2. The van der Waals surface area contributed by atoms with Crippen molar-refractivity contribution in [3.05, 3.63) is 23.3 Å². The van der Waals surface area contributed by atoms with Crippen molar-refractivity contribution in [3.8, 4) is 0 Å². The summed E-state index contributed by atoms with van der Waals surface area (Å²) in [6.45, 7) is 5.39. The number of nitrogens with zero attached hydrogens (tertiary/aromatic N) is 2. The fourth-order valence-corrected chi connectivity index (χ4v) is 2.77. The number of hydrogen-bond donors (Lipinski definition) is 1. The van der Waals surface area contributed by atoms with Gasteiger partial charge in [0.1, 0.15) is 5.60 Å². The van der Waals surface area contributed by atoms with Gasteiger partial charge in [0.25, 0.3) is 0 Å². The van der Waals surface area contributed by atoms with Crippen molar-refractivity contribution in [1.82, 2.24) is 9.97 Å². The molecule has 1 aliphatic carbocycles. The SMILES string of the molecule is CCOC1(c2nc(C)cc(CCN)n2)CCCC1. The van der Waals surface area contributed by atoms with Crippen molar-refractivity contribution in [3.63, 3.8) is 0 Å². The fourth-order valence-electron chi connectivity index (χ4n) is 2.77. The van der Waals surface area contributed by atoms with Gasteiger partial charge in [0.05, 0.1) is 0 Å². The number of ether oxygens (including phenoxy) is 1. The van der Waals surface area contributed by atoms with E-state index in [2.05, 4.69) is 9.97 Å². The van der Waals surface area contributed by atoms with Gasteiger partial charge in [-0.2, -0.15) is 0 Å². The van der Waals surface area contributed by atoms with Crippen LogP contribution in [0.25, 0.3) is 0 Å². The Hall–Kier alpha value is -1.00. The van der Waals surface area contributed by atoms with Gasteiger partial charge in [-0.1, -0.05) is 0 Å². The van der Waals surface area contributed by atoms with Crippen LogP contribution in [0.2, 0.25) is 0 Å². The zero-order chi connectivity index (χ0) is 13.0. The van der Waals surface area contributed by atoms with Crippen LogP contribution in [0.5, 0.6) is 0 Å². The third-order valence-corrected chi connectivity index (χ3v) is 3.55. The minimum atomic E-state index is -0.246. The predicted molar refractivity (Wildman–Crippen MR) is 71.3 cm³/mol. The van der Waals surface area contributed by atoms with Crippen molar-refractivity contribution in [2.24, 2.45) is 5.73 Å². The van der Waals surface area contributed by atoms with Crippen LogP contribution in [0, 0.1) is 6.92 Å². The number of rotatable bonds is 5. The number of nitrogens with two attached hydrogens (primary N) is 1. The highest BCUT2D eigenvalue weighted by molar-refractivity contribution is 5.15. The second kappa shape index (κ2) is 5.76. The summed E-state index contributed by atoms with van der Waals surface area (Å²) in [4.78, 5) is 9.29. The van der Waals surface area contributed by atoms with E-state index in [-0.39, 0.29) is 5.60 Å². The molecule has 0 atom stereocenters. The lowest BCUT2D eigenvalue weighted by atomic mass is 10.0. The van der Waals surface area contributed by atoms with Crippen LogP contribution in [-0.2, 0) is 16.8 Å². The summed E-state index contributed by atoms with van der Waals surface area (Å²) < 4.78 is 6.01. The van der Waals surface area contributed by atoms with E-state index < -0.39 is 0 Å². The van der Waals surface area contributed by atoms with Crippen molar-refractivity contribution in [2.75, 3.05) is 13.2 Å². The molecule has 2 rings (SSSR count). The molecule has 18 heavy (non-hydrogen) atoms. The highest BCUT2D eigenvalue weighted by Gasteiger charge is 2.39. The van der Waals surface area contributed by atoms with Gasteiger partial charge >= 0.3 is 0 Å². The molecular weight excluding hydrogens is 226 g/mol. The number of hydrogen-bond acceptors (Lipinski definition) is 4. The van der Waals surface area contributed by atoms with Gasteiger partial charge in [-0.15, -0.1) is 0 Å². The van der Waals surface area contributed by atoms with Gasteiger partial charge in [0.2, 0.25) is 0 Å². The molecular formula is C14H23N3O. The minimum Gasteiger partial charge on any atom is -0.367 e. The Kier molecular flexibility index (Phi) is 4.30. The third kappa shape index (κ3) is 2.70. The summed E-state index contributed by atoms with van der Waals surface area (Å²) >= 11 is 0. The van der Waals surface area contributed by atoms with Crippen molar-refractivity contribution in [1.29, 1.82) is 0 Å². The van der Waals surface area contributed by atoms with E-state index in [0.29, 0.717) is 13.2 Å². The normalized spacial score (nSPS) is 18.2. The van der Waals surface area contributed by atoms with Crippen LogP contribution in [0.4, 0.5) is 0 Å². The quantitative estimate of drug-likeness (QED) is 0.868. The Bertz CT molecular complexity index is 400. The molecule has 2 N–H and O–H groups in total. The maximum Gasteiger partial charge on any atom is 0.160 e. The molecule has 1 aromatic rings. The van der Waals surface area contributed by atoms with E-state index in [1.54, 1.807) is 0 Å². The van der Waals surface area contributed by atoms with Crippen molar-refractivity contribution in [2.45, 2.75) is 51.6 Å². The van der Waals surface area contributed by atoms with Crippen molar-refractivity contribution >= 4 is 0 Å². The maximum atomic E-state index is 6.01. The van der Waals surface area contributed by atoms with E-state index in [1.807, 2.05) is 19.9 Å². The lowest BCUT2D eigenvalue weighted by Gasteiger charge is -2.27. The fraction of sp³-hybridized carbons (Fsp3) is 0.714. The molecule has 1 fully saturated rings. The van der Waals surface area contributed by atoms with Gasteiger partial charge < -0.3 is 10.5 Å². The second-order valence-electron chi connectivity index (χ2n) is 5.00. The largest absolute Gasteiger partial charge is 0.367 e. The molecule has 0 spiro atoms. The first-order chi connectivity index (χ1) is 8.70. The van der Waals surface area contributed by atoms with E-state index in [0.717, 1.165) is 36.5 Å². The van der Waals surface area contributed by atoms with Gasteiger partial charge in [-0.3, -0.25) is 0 Å². The molecule has 0 aliphatic heterocycles. The molecule has 1 saturated carbocycles. The Morgan fingerprint density at radius 3 is 2.67 bits per heavy atom. The molecule has 1 aromatic heterocycles. The molecule has 0 unspecified atom stereocenters. The monoisotopic (exact) mass is 249 g/mol. The predicted octanol–water partition coefficient (Wildman–Crippen LogP) is 2.09. The molecule has 1 aliphatic rings. The first kappa shape index (κ1) is 13.4. The van der Waals surface area contributed by atoms with Crippen LogP contribution in [0.1, 0.15) is 49.8 Å². The lowest BCUT2D eigenvalue weighted by molar-refractivity contribution is -0.0459. The topological polar surface area (TPSA) is 61.0 Å². The number of aryl methyl sites for hydroxylation is 1. The van der Waals surface area contributed by atoms with Crippen LogP contribution in [0.15, 0.2) is 6.07 Å². The molecule has 0 radical (unpaired) electrons. The smallest absolute Gasteiger partial charge is 0.160 e. The Morgan fingerprint density at radius 2 is 2.06 bits per heavy atom. The van der Waals surface area contributed by atoms with Gasteiger partial charge in [0.15, 0.2) is 5.82 Å². The van der Waals surface area contributed by atoms with E-state index >= 15 is 0 Å². The summed E-state index contributed by atoms with van der Waals surface area (Å²) in [7, 11) is 0. The lowest BCUT2D eigenvalue weighted by Crippen LogP contribution is -2.29. The first-order valence-corrected chi connectivity index (χ1v) is 6.89. The molecule has 0 amide bonds. The van der Waals surface area contributed by atoms with E-state index in [4.69, 9.17) is 10.5 Å². The zero-order valence-electron chi connectivity index (χ0n) is 11.4. The van der Waals surface area contributed by atoms with E-state index in [1.165, 1.54) is 12.8 Å². The standard InChI is InChI=1S/C14H23N3O/c1-3-18-14(7-4-5-8-14)13-16-11(2)10-12(17-13)6-9-15/h10H,3-9,15H2,1-2H3. The van der Waals surface area contributed by atoms with Gasteiger partial charge in [0, 0.05) is 24.4 Å². The zero-order valence-corrected chi connectivity index (χ0v) is 11.4. The molecule has 4 nitrogen and oxygen atoms in total. The average Bonchev–Trinajstić information content (AvgIpc) is 2.79. The molecule has 100 valence electrons. The highest BCUT2D eigenvalue weighted by atomic mass is 16.5. The third-order valence-electron chi connectivity index (χ3n) is 3.55. The molecule has 0 saturated heterocycles. The average molecular weight is 249 g/mol. The molecule has 0 aromatic carbocycles. The summed E-state index contributed by atoms with van der Waals surface area (Å²) in [6.07, 6.45) is 5.27. The second-order valence-corrected chi connectivity index (χ2v) is 5.00. The van der Waals surface area contributed by atoms with Gasteiger partial charge in [-0.05, 0) is 52.1 Å².